The van der Waals surface area contributed by atoms with Gasteiger partial charge in [-0.05, 0) is 86.8 Å². The molecule has 0 radical (unpaired) electrons. The lowest BCUT2D eigenvalue weighted by Crippen LogP contribution is -2.47. The minimum absolute atomic E-state index is 0.0910. The van der Waals surface area contributed by atoms with E-state index in [-0.39, 0.29) is 11.7 Å². The number of Topliss-reactive ketones (excluding diaryl/α,β-unsaturated/α-hetero) is 1. The van der Waals surface area contributed by atoms with Gasteiger partial charge in [0.15, 0.2) is 0 Å². The van der Waals surface area contributed by atoms with Crippen LogP contribution in [0.3, 0.4) is 0 Å². The Kier molecular flexibility index (Phi) is 5.85. The van der Waals surface area contributed by atoms with E-state index in [0.29, 0.717) is 18.1 Å². The predicted molar refractivity (Wildman–Crippen MR) is 118 cm³/mol. The monoisotopic (exact) mass is 426 g/mol. The molecule has 1 spiro atoms. The molecule has 4 rings (SSSR count). The largest absolute Gasteiger partial charge is 0.492 e. The number of aryl methyl sites for hydroxylation is 1. The van der Waals surface area contributed by atoms with Crippen molar-refractivity contribution in [3.05, 3.63) is 58.1 Å². The number of likely N-dealkylation sites (tertiary alicyclic amines) is 1. The summed E-state index contributed by atoms with van der Waals surface area (Å²) in [6, 6.07) is 11.6. The Morgan fingerprint density at radius 2 is 1.97 bits per heavy atom. The molecule has 0 aliphatic carbocycles. The second-order valence-corrected chi connectivity index (χ2v) is 8.82. The van der Waals surface area contributed by atoms with Gasteiger partial charge in [-0.15, -0.1) is 0 Å². The Labute approximate surface area is 182 Å². The lowest BCUT2D eigenvalue weighted by Gasteiger charge is -2.38. The number of rotatable bonds is 6. The smallest absolute Gasteiger partial charge is 0.235 e. The van der Waals surface area contributed by atoms with Gasteiger partial charge in [0.25, 0.3) is 0 Å². The predicted octanol–water partition coefficient (Wildman–Crippen LogP) is 4.14. The molecular formula is C24H27ClN2O3. The zero-order valence-electron chi connectivity index (χ0n) is 17.5. The third kappa shape index (κ3) is 4.09. The van der Waals surface area contributed by atoms with Crippen molar-refractivity contribution in [3.63, 3.8) is 0 Å². The number of piperidine rings is 1. The number of carbonyl (C=O) groups is 2. The summed E-state index contributed by atoms with van der Waals surface area (Å²) in [7, 11) is 0. The average molecular weight is 427 g/mol. The van der Waals surface area contributed by atoms with Gasteiger partial charge in [0, 0.05) is 23.7 Å². The average Bonchev–Trinajstić information content (AvgIpc) is 2.97. The summed E-state index contributed by atoms with van der Waals surface area (Å²) in [5.74, 6) is 1.04. The van der Waals surface area contributed by atoms with Crippen LogP contribution in [0.1, 0.15) is 36.5 Å². The van der Waals surface area contributed by atoms with E-state index in [1.54, 1.807) is 6.92 Å². The molecule has 30 heavy (non-hydrogen) atoms. The molecule has 2 heterocycles. The fourth-order valence-corrected chi connectivity index (χ4v) is 4.70. The van der Waals surface area contributed by atoms with Crippen LogP contribution in [-0.4, -0.2) is 42.8 Å². The summed E-state index contributed by atoms with van der Waals surface area (Å²) in [5.41, 5.74) is 3.59. The third-order valence-electron chi connectivity index (χ3n) is 6.33. The number of hydrogen-bond acceptors (Lipinski definition) is 4. The number of ketones is 1. The molecule has 5 nitrogen and oxygen atoms in total. The first-order valence-electron chi connectivity index (χ1n) is 10.4. The highest BCUT2D eigenvalue weighted by atomic mass is 35.5. The maximum Gasteiger partial charge on any atom is 0.235 e. The van der Waals surface area contributed by atoms with Crippen LogP contribution in [0.4, 0.5) is 5.69 Å². The van der Waals surface area contributed by atoms with E-state index in [9.17, 15) is 9.59 Å². The summed E-state index contributed by atoms with van der Waals surface area (Å²) in [6.07, 6.45) is 1.99. The van der Waals surface area contributed by atoms with Crippen molar-refractivity contribution in [1.82, 2.24) is 4.90 Å². The number of nitrogens with zero attached hydrogens (tertiary/aromatic N) is 1. The van der Waals surface area contributed by atoms with E-state index in [1.165, 1.54) is 0 Å². The number of ether oxygens (including phenoxy) is 1. The lowest BCUT2D eigenvalue weighted by atomic mass is 9.73. The zero-order chi connectivity index (χ0) is 21.3. The number of halogens is 1. The fourth-order valence-electron chi connectivity index (χ4n) is 4.53. The summed E-state index contributed by atoms with van der Waals surface area (Å²) < 4.78 is 5.95. The van der Waals surface area contributed by atoms with Crippen molar-refractivity contribution in [2.75, 3.05) is 31.6 Å². The highest BCUT2D eigenvalue weighted by molar-refractivity contribution is 6.31. The number of amides is 1. The van der Waals surface area contributed by atoms with Crippen molar-refractivity contribution in [2.45, 2.75) is 38.5 Å². The van der Waals surface area contributed by atoms with Gasteiger partial charge in [-0.3, -0.25) is 14.5 Å². The number of nitrogens with one attached hydrogen (secondary N) is 1. The molecule has 1 fully saturated rings. The van der Waals surface area contributed by atoms with Crippen molar-refractivity contribution >= 4 is 29.0 Å². The maximum absolute atomic E-state index is 12.7. The van der Waals surface area contributed by atoms with E-state index in [4.69, 9.17) is 16.3 Å². The van der Waals surface area contributed by atoms with E-state index in [1.807, 2.05) is 43.3 Å². The van der Waals surface area contributed by atoms with Crippen molar-refractivity contribution in [2.24, 2.45) is 0 Å². The van der Waals surface area contributed by atoms with Crippen LogP contribution >= 0.6 is 11.6 Å². The van der Waals surface area contributed by atoms with E-state index in [0.717, 1.165) is 60.6 Å². The number of fused-ring (bicyclic) bond motifs is 2. The summed E-state index contributed by atoms with van der Waals surface area (Å²) >= 11 is 6.19. The molecule has 0 atom stereocenters. The molecule has 1 N–H and O–H groups in total. The Hall–Kier alpha value is -2.37. The normalized spacial score (nSPS) is 17.6. The quantitative estimate of drug-likeness (QED) is 0.754. The number of carbonyl (C=O) groups excluding carboxylic acids is 2. The van der Waals surface area contributed by atoms with Gasteiger partial charge in [0.05, 0.1) is 5.41 Å². The van der Waals surface area contributed by atoms with Crippen LogP contribution in [0.5, 0.6) is 5.75 Å². The minimum atomic E-state index is -0.462. The van der Waals surface area contributed by atoms with Crippen LogP contribution in [0.2, 0.25) is 5.02 Å². The van der Waals surface area contributed by atoms with Crippen LogP contribution in [0, 0.1) is 6.92 Å². The van der Waals surface area contributed by atoms with Gasteiger partial charge in [0.1, 0.15) is 18.1 Å². The van der Waals surface area contributed by atoms with Crippen molar-refractivity contribution in [1.29, 1.82) is 0 Å². The first kappa shape index (κ1) is 20.9. The molecule has 1 saturated heterocycles. The molecule has 6 heteroatoms. The van der Waals surface area contributed by atoms with Crippen LogP contribution in [0.15, 0.2) is 36.4 Å². The maximum atomic E-state index is 12.7. The molecule has 0 saturated carbocycles. The molecule has 2 aliphatic rings. The van der Waals surface area contributed by atoms with Gasteiger partial charge in [-0.2, -0.15) is 0 Å². The van der Waals surface area contributed by atoms with Gasteiger partial charge < -0.3 is 10.1 Å². The van der Waals surface area contributed by atoms with Crippen molar-refractivity contribution < 1.29 is 14.3 Å². The van der Waals surface area contributed by atoms with Crippen LogP contribution < -0.4 is 10.1 Å². The molecule has 1 amide bonds. The van der Waals surface area contributed by atoms with Crippen LogP contribution in [-0.2, 0) is 21.4 Å². The zero-order valence-corrected chi connectivity index (χ0v) is 18.2. The van der Waals surface area contributed by atoms with E-state index >= 15 is 0 Å². The van der Waals surface area contributed by atoms with Gasteiger partial charge in [-0.1, -0.05) is 17.7 Å². The number of benzene rings is 2. The molecule has 2 aromatic carbocycles. The Morgan fingerprint density at radius 3 is 2.70 bits per heavy atom. The summed E-state index contributed by atoms with van der Waals surface area (Å²) in [4.78, 5) is 26.5. The topological polar surface area (TPSA) is 58.6 Å². The summed E-state index contributed by atoms with van der Waals surface area (Å²) in [6.45, 7) is 6.67. The molecular weight excluding hydrogens is 400 g/mol. The van der Waals surface area contributed by atoms with Crippen LogP contribution in [0.25, 0.3) is 0 Å². The number of hydrogen-bond donors (Lipinski definition) is 1. The molecule has 0 unspecified atom stereocenters. The van der Waals surface area contributed by atoms with Crippen molar-refractivity contribution in [3.8, 4) is 5.75 Å². The molecule has 158 valence electrons. The molecule has 2 aliphatic heterocycles. The highest BCUT2D eigenvalue weighted by Crippen LogP contribution is 2.45. The van der Waals surface area contributed by atoms with Gasteiger partial charge in [0.2, 0.25) is 5.91 Å². The molecule has 0 aromatic heterocycles. The Morgan fingerprint density at radius 1 is 1.20 bits per heavy atom. The standard InChI is InChI=1S/C24H27ClN2O3/c1-16-3-5-20(14-18(16)13-17(2)28)30-12-11-27-9-7-24(8-10-27)21-15-19(25)4-6-22(21)26-23(24)29/h3-6,14-15H,7-13H2,1-2H3,(H,26,29). The minimum Gasteiger partial charge on any atom is -0.492 e. The van der Waals surface area contributed by atoms with E-state index < -0.39 is 5.41 Å². The Bertz CT molecular complexity index is 980. The highest BCUT2D eigenvalue weighted by Gasteiger charge is 2.48. The second-order valence-electron chi connectivity index (χ2n) is 8.38. The number of anilines is 1. The molecule has 0 bridgehead atoms. The molecule has 2 aromatic rings. The SMILES string of the molecule is CC(=O)Cc1cc(OCCN2CCC3(CC2)C(=O)Nc2ccc(Cl)cc23)ccc1C. The summed E-state index contributed by atoms with van der Waals surface area (Å²) in [5, 5.41) is 3.69. The third-order valence-corrected chi connectivity index (χ3v) is 6.56. The fraction of sp³-hybridized carbons (Fsp3) is 0.417. The first-order valence-corrected chi connectivity index (χ1v) is 10.8. The lowest BCUT2D eigenvalue weighted by molar-refractivity contribution is -0.122. The second kappa shape index (κ2) is 8.40. The Balaban J connectivity index is 1.33. The first-order chi connectivity index (χ1) is 14.4. The van der Waals surface area contributed by atoms with E-state index in [2.05, 4.69) is 10.2 Å². The van der Waals surface area contributed by atoms with Gasteiger partial charge in [-0.25, -0.2) is 0 Å². The van der Waals surface area contributed by atoms with Gasteiger partial charge >= 0.3 is 0 Å².